The molecule has 0 saturated carbocycles. The number of benzene rings is 1. The minimum atomic E-state index is -0.285. The summed E-state index contributed by atoms with van der Waals surface area (Å²) in [5.74, 6) is 0.559. The van der Waals surface area contributed by atoms with Crippen molar-refractivity contribution >= 4 is 47.4 Å². The topological polar surface area (TPSA) is 60.0 Å². The van der Waals surface area contributed by atoms with Crippen LogP contribution in [0.4, 0.5) is 4.39 Å². The van der Waals surface area contributed by atoms with E-state index in [1.165, 1.54) is 6.07 Å². The third-order valence-corrected chi connectivity index (χ3v) is 4.77. The molecule has 1 saturated heterocycles. The lowest BCUT2D eigenvalue weighted by Gasteiger charge is -2.36. The molecule has 0 atom stereocenters. The first-order chi connectivity index (χ1) is 12.9. The maximum absolute atomic E-state index is 13.8. The molecule has 2 rings (SSSR count). The number of aliphatic imine (C=N–C) groups is 1. The quantitative estimate of drug-likeness (QED) is 0.340. The lowest BCUT2D eigenvalue weighted by atomic mass is 10.1. The lowest BCUT2D eigenvalue weighted by molar-refractivity contribution is -0.123. The first-order valence-corrected chi connectivity index (χ1v) is 9.68. The molecule has 1 fully saturated rings. The number of carbonyl (C=O) groups excluding carboxylic acids is 1. The second-order valence-corrected chi connectivity index (χ2v) is 7.32. The van der Waals surface area contributed by atoms with E-state index < -0.39 is 0 Å². The van der Waals surface area contributed by atoms with E-state index in [-0.39, 0.29) is 41.7 Å². The van der Waals surface area contributed by atoms with Gasteiger partial charge in [0.2, 0.25) is 5.91 Å². The molecule has 0 unspecified atom stereocenters. The van der Waals surface area contributed by atoms with Crippen molar-refractivity contribution in [3.05, 3.63) is 34.6 Å². The number of nitrogens with zero attached hydrogens (tertiary/aromatic N) is 3. The summed E-state index contributed by atoms with van der Waals surface area (Å²) in [6.07, 6.45) is 0.486. The van der Waals surface area contributed by atoms with Crippen LogP contribution in [0.1, 0.15) is 19.4 Å². The third kappa shape index (κ3) is 7.71. The van der Waals surface area contributed by atoms with Crippen LogP contribution < -0.4 is 10.6 Å². The number of halogens is 3. The summed E-state index contributed by atoms with van der Waals surface area (Å²) in [6.45, 7) is 8.05. The highest BCUT2D eigenvalue weighted by Gasteiger charge is 2.21. The minimum Gasteiger partial charge on any atom is -0.356 e. The summed E-state index contributed by atoms with van der Waals surface area (Å²) in [7, 11) is 1.74. The van der Waals surface area contributed by atoms with Crippen molar-refractivity contribution in [2.45, 2.75) is 26.3 Å². The second-order valence-electron chi connectivity index (χ2n) is 6.91. The van der Waals surface area contributed by atoms with E-state index in [2.05, 4.69) is 25.4 Å². The zero-order valence-corrected chi connectivity index (χ0v) is 19.8. The minimum absolute atomic E-state index is 0. The van der Waals surface area contributed by atoms with Crippen LogP contribution in [0.5, 0.6) is 0 Å². The van der Waals surface area contributed by atoms with Crippen molar-refractivity contribution in [1.82, 2.24) is 20.4 Å². The molecule has 9 heteroatoms. The fraction of sp³-hybridized carbons (Fsp3) is 0.579. The Morgan fingerprint density at radius 2 is 1.96 bits per heavy atom. The predicted octanol–water partition coefficient (Wildman–Crippen LogP) is 2.36. The molecule has 1 aliphatic rings. The average molecular weight is 526 g/mol. The molecule has 1 aliphatic heterocycles. The van der Waals surface area contributed by atoms with Crippen molar-refractivity contribution in [2.24, 2.45) is 4.99 Å². The summed E-state index contributed by atoms with van der Waals surface area (Å²) in [5.41, 5.74) is 0.517. The van der Waals surface area contributed by atoms with Crippen LogP contribution in [-0.4, -0.2) is 74.0 Å². The van der Waals surface area contributed by atoms with Gasteiger partial charge < -0.3 is 15.5 Å². The van der Waals surface area contributed by atoms with Gasteiger partial charge in [0.25, 0.3) is 0 Å². The van der Waals surface area contributed by atoms with Gasteiger partial charge in [-0.2, -0.15) is 0 Å². The maximum atomic E-state index is 13.8. The molecule has 1 aromatic carbocycles. The van der Waals surface area contributed by atoms with Crippen LogP contribution in [0.25, 0.3) is 0 Å². The van der Waals surface area contributed by atoms with E-state index in [0.717, 1.165) is 32.1 Å². The Bertz CT molecular complexity index is 645. The van der Waals surface area contributed by atoms with E-state index in [0.29, 0.717) is 30.1 Å². The van der Waals surface area contributed by atoms with E-state index in [1.54, 1.807) is 19.2 Å². The van der Waals surface area contributed by atoms with Gasteiger partial charge in [0.05, 0.1) is 6.54 Å². The SMILES string of the molecule is CN=C(NCCc1c(F)cccc1Cl)N1CCN(CC(=O)NC(C)C)CC1.I. The molecule has 158 valence electrons. The van der Waals surface area contributed by atoms with Crippen LogP contribution in [0.2, 0.25) is 5.02 Å². The molecular formula is C19H30ClFIN5O. The van der Waals surface area contributed by atoms with Gasteiger partial charge in [0, 0.05) is 56.4 Å². The van der Waals surface area contributed by atoms with Gasteiger partial charge in [-0.25, -0.2) is 4.39 Å². The highest BCUT2D eigenvalue weighted by atomic mass is 127. The van der Waals surface area contributed by atoms with Crippen LogP contribution in [-0.2, 0) is 11.2 Å². The fourth-order valence-corrected chi connectivity index (χ4v) is 3.35. The summed E-state index contributed by atoms with van der Waals surface area (Å²) in [6, 6.07) is 4.88. The average Bonchev–Trinajstić information content (AvgIpc) is 2.61. The largest absolute Gasteiger partial charge is 0.356 e. The summed E-state index contributed by atoms with van der Waals surface area (Å²) in [4.78, 5) is 20.5. The highest BCUT2D eigenvalue weighted by Crippen LogP contribution is 2.19. The zero-order chi connectivity index (χ0) is 19.8. The molecule has 28 heavy (non-hydrogen) atoms. The van der Waals surface area contributed by atoms with E-state index >= 15 is 0 Å². The fourth-order valence-electron chi connectivity index (χ4n) is 3.09. The summed E-state index contributed by atoms with van der Waals surface area (Å²) < 4.78 is 13.8. The van der Waals surface area contributed by atoms with Gasteiger partial charge >= 0.3 is 0 Å². The Morgan fingerprint density at radius 3 is 2.54 bits per heavy atom. The number of nitrogens with one attached hydrogen (secondary N) is 2. The molecule has 1 heterocycles. The number of rotatable bonds is 6. The Hall–Kier alpha value is -1.13. The number of amides is 1. The van der Waals surface area contributed by atoms with E-state index in [9.17, 15) is 9.18 Å². The molecule has 6 nitrogen and oxygen atoms in total. The Morgan fingerprint density at radius 1 is 1.29 bits per heavy atom. The molecule has 0 spiro atoms. The molecule has 1 amide bonds. The summed E-state index contributed by atoms with van der Waals surface area (Å²) >= 11 is 6.07. The van der Waals surface area contributed by atoms with Crippen LogP contribution in [0, 0.1) is 5.82 Å². The zero-order valence-electron chi connectivity index (χ0n) is 16.7. The Labute approximate surface area is 188 Å². The lowest BCUT2D eigenvalue weighted by Crippen LogP contribution is -2.54. The van der Waals surface area contributed by atoms with Crippen molar-refractivity contribution < 1.29 is 9.18 Å². The molecule has 1 aromatic rings. The summed E-state index contributed by atoms with van der Waals surface area (Å²) in [5, 5.41) is 6.64. The molecular weight excluding hydrogens is 496 g/mol. The van der Waals surface area contributed by atoms with Gasteiger partial charge in [-0.3, -0.25) is 14.7 Å². The smallest absolute Gasteiger partial charge is 0.234 e. The number of hydrogen-bond donors (Lipinski definition) is 2. The normalized spacial score (nSPS) is 15.4. The van der Waals surface area contributed by atoms with Crippen molar-refractivity contribution in [3.63, 3.8) is 0 Å². The molecule has 0 radical (unpaired) electrons. The van der Waals surface area contributed by atoms with Crippen LogP contribution in [0.15, 0.2) is 23.2 Å². The number of carbonyl (C=O) groups is 1. The molecule has 0 bridgehead atoms. The van der Waals surface area contributed by atoms with Crippen LogP contribution >= 0.6 is 35.6 Å². The maximum Gasteiger partial charge on any atom is 0.234 e. The number of guanidine groups is 1. The van der Waals surface area contributed by atoms with Gasteiger partial charge in [-0.1, -0.05) is 17.7 Å². The van der Waals surface area contributed by atoms with Gasteiger partial charge in [0.15, 0.2) is 5.96 Å². The van der Waals surface area contributed by atoms with E-state index in [4.69, 9.17) is 11.6 Å². The third-order valence-electron chi connectivity index (χ3n) is 4.42. The first-order valence-electron chi connectivity index (χ1n) is 9.31. The van der Waals surface area contributed by atoms with E-state index in [1.807, 2.05) is 13.8 Å². The standard InChI is InChI=1S/C19H29ClFN5O.HI/c1-14(2)24-18(27)13-25-9-11-26(12-10-25)19(22-3)23-8-7-15-16(20)5-4-6-17(15)21;/h4-6,14H,7-13H2,1-3H3,(H,22,23)(H,24,27);1H. The van der Waals surface area contributed by atoms with Gasteiger partial charge in [0.1, 0.15) is 5.82 Å². The molecule has 0 aromatic heterocycles. The first kappa shape index (κ1) is 24.9. The monoisotopic (exact) mass is 525 g/mol. The molecule has 2 N–H and O–H groups in total. The van der Waals surface area contributed by atoms with Gasteiger partial charge in [-0.05, 0) is 32.4 Å². The van der Waals surface area contributed by atoms with Crippen molar-refractivity contribution in [1.29, 1.82) is 0 Å². The Balaban J connectivity index is 0.00000392. The van der Waals surface area contributed by atoms with Crippen molar-refractivity contribution in [2.75, 3.05) is 46.3 Å². The highest BCUT2D eigenvalue weighted by molar-refractivity contribution is 14.0. The van der Waals surface area contributed by atoms with Crippen molar-refractivity contribution in [3.8, 4) is 0 Å². The Kier molecular flexibility index (Phi) is 11.1. The van der Waals surface area contributed by atoms with Gasteiger partial charge in [-0.15, -0.1) is 24.0 Å². The number of piperazine rings is 1. The van der Waals surface area contributed by atoms with Crippen LogP contribution in [0.3, 0.4) is 0 Å². The predicted molar refractivity (Wildman–Crippen MR) is 123 cm³/mol. The second kappa shape index (κ2) is 12.4. The molecule has 0 aliphatic carbocycles. The number of hydrogen-bond acceptors (Lipinski definition) is 3.